The van der Waals surface area contributed by atoms with Gasteiger partial charge < -0.3 is 14.6 Å². The van der Waals surface area contributed by atoms with Gasteiger partial charge in [0.05, 0.1) is 30.3 Å². The molecule has 0 unspecified atom stereocenters. The van der Waals surface area contributed by atoms with Crippen LogP contribution in [0.5, 0.6) is 0 Å². The maximum Gasteiger partial charge on any atom is 0.314 e. The van der Waals surface area contributed by atoms with Gasteiger partial charge in [0.15, 0.2) is 0 Å². The van der Waals surface area contributed by atoms with Crippen LogP contribution in [0.4, 0.5) is 0 Å². The van der Waals surface area contributed by atoms with E-state index < -0.39 is 17.6 Å². The highest BCUT2D eigenvalue weighted by Crippen LogP contribution is 2.38. The molecule has 1 rings (SSSR count). The van der Waals surface area contributed by atoms with Gasteiger partial charge >= 0.3 is 5.97 Å². The Labute approximate surface area is 127 Å². The summed E-state index contributed by atoms with van der Waals surface area (Å²) in [5.41, 5.74) is 0.0450. The topological polar surface area (TPSA) is 55.8 Å². The molecule has 4 heteroatoms. The van der Waals surface area contributed by atoms with Crippen molar-refractivity contribution in [2.24, 2.45) is 5.41 Å². The smallest absolute Gasteiger partial charge is 0.314 e. The van der Waals surface area contributed by atoms with Crippen LogP contribution in [0.1, 0.15) is 46.3 Å². The Morgan fingerprint density at radius 2 is 1.81 bits per heavy atom. The lowest BCUT2D eigenvalue weighted by Gasteiger charge is -2.35. The first-order chi connectivity index (χ1) is 9.80. The average Bonchev–Trinajstić information content (AvgIpc) is 2.45. The summed E-state index contributed by atoms with van der Waals surface area (Å²) in [6.45, 7) is 9.18. The van der Waals surface area contributed by atoms with Crippen molar-refractivity contribution in [1.82, 2.24) is 0 Å². The van der Waals surface area contributed by atoms with Crippen LogP contribution in [0.25, 0.3) is 0 Å². The fraction of sp³-hybridized carbons (Fsp3) is 0.588. The molecule has 0 fully saturated rings. The quantitative estimate of drug-likeness (QED) is 0.785. The number of hydrogen-bond donors (Lipinski definition) is 1. The Balaban J connectivity index is 3.10. The SMILES string of the molecule is CCOC(=O)C(C)(C)[C@@H](O[C@@H](C)[C@@H](C)O)c1ccccc1. The van der Waals surface area contributed by atoms with E-state index >= 15 is 0 Å². The third kappa shape index (κ3) is 4.55. The Hall–Kier alpha value is -1.39. The zero-order chi connectivity index (χ0) is 16.0. The summed E-state index contributed by atoms with van der Waals surface area (Å²) < 4.78 is 11.1. The van der Waals surface area contributed by atoms with E-state index in [9.17, 15) is 9.90 Å². The molecule has 0 spiro atoms. The van der Waals surface area contributed by atoms with Gasteiger partial charge in [-0.1, -0.05) is 30.3 Å². The summed E-state index contributed by atoms with van der Waals surface area (Å²) in [7, 11) is 0. The molecule has 21 heavy (non-hydrogen) atoms. The van der Waals surface area contributed by atoms with Gasteiger partial charge in [-0.2, -0.15) is 0 Å². The summed E-state index contributed by atoms with van der Waals surface area (Å²) in [6.07, 6.45) is -1.49. The zero-order valence-electron chi connectivity index (χ0n) is 13.5. The van der Waals surface area contributed by atoms with E-state index in [-0.39, 0.29) is 12.1 Å². The van der Waals surface area contributed by atoms with Gasteiger partial charge in [-0.3, -0.25) is 4.79 Å². The highest BCUT2D eigenvalue weighted by atomic mass is 16.5. The molecule has 0 aliphatic rings. The number of aliphatic hydroxyl groups excluding tert-OH is 1. The number of carbonyl (C=O) groups is 1. The minimum Gasteiger partial charge on any atom is -0.465 e. The average molecular weight is 294 g/mol. The fourth-order valence-electron chi connectivity index (χ4n) is 2.05. The molecule has 1 aromatic rings. The van der Waals surface area contributed by atoms with Crippen molar-refractivity contribution >= 4 is 5.97 Å². The largest absolute Gasteiger partial charge is 0.465 e. The van der Waals surface area contributed by atoms with Crippen LogP contribution in [-0.4, -0.2) is 29.9 Å². The molecular formula is C17H26O4. The molecule has 118 valence electrons. The Morgan fingerprint density at radius 3 is 2.29 bits per heavy atom. The number of ether oxygens (including phenoxy) is 2. The van der Waals surface area contributed by atoms with Crippen LogP contribution in [0.3, 0.4) is 0 Å². The second kappa shape index (κ2) is 7.57. The Morgan fingerprint density at radius 1 is 1.24 bits per heavy atom. The third-order valence-corrected chi connectivity index (χ3v) is 3.59. The predicted molar refractivity (Wildman–Crippen MR) is 81.8 cm³/mol. The van der Waals surface area contributed by atoms with Crippen molar-refractivity contribution in [2.75, 3.05) is 6.61 Å². The number of carbonyl (C=O) groups excluding carboxylic acids is 1. The first-order valence-electron chi connectivity index (χ1n) is 7.36. The van der Waals surface area contributed by atoms with Crippen LogP contribution in [0.2, 0.25) is 0 Å². The molecule has 0 bridgehead atoms. The summed E-state index contributed by atoms with van der Waals surface area (Å²) >= 11 is 0. The minimum atomic E-state index is -0.847. The maximum absolute atomic E-state index is 12.3. The molecule has 3 atom stereocenters. The van der Waals surface area contributed by atoms with Crippen LogP contribution in [-0.2, 0) is 14.3 Å². The second-order valence-electron chi connectivity index (χ2n) is 5.81. The first kappa shape index (κ1) is 17.7. The lowest BCUT2D eigenvalue weighted by atomic mass is 9.82. The van der Waals surface area contributed by atoms with Gasteiger partial charge in [0, 0.05) is 0 Å². The first-order valence-corrected chi connectivity index (χ1v) is 7.36. The van der Waals surface area contributed by atoms with Crippen molar-refractivity contribution in [3.8, 4) is 0 Å². The molecule has 4 nitrogen and oxygen atoms in total. The number of esters is 1. The Bertz CT molecular complexity index is 439. The van der Waals surface area contributed by atoms with E-state index in [1.54, 1.807) is 34.6 Å². The normalized spacial score (nSPS) is 16.1. The lowest BCUT2D eigenvalue weighted by molar-refractivity contribution is -0.170. The van der Waals surface area contributed by atoms with Crippen molar-refractivity contribution in [1.29, 1.82) is 0 Å². The number of aliphatic hydroxyl groups is 1. The van der Waals surface area contributed by atoms with E-state index in [1.807, 2.05) is 30.3 Å². The fourth-order valence-corrected chi connectivity index (χ4v) is 2.05. The molecule has 0 radical (unpaired) electrons. The summed E-state index contributed by atoms with van der Waals surface area (Å²) in [4.78, 5) is 12.3. The molecule has 0 aliphatic carbocycles. The summed E-state index contributed by atoms with van der Waals surface area (Å²) in [6, 6.07) is 9.55. The molecule has 1 N–H and O–H groups in total. The van der Waals surface area contributed by atoms with Gasteiger partial charge in [0.25, 0.3) is 0 Å². The van der Waals surface area contributed by atoms with E-state index in [0.717, 1.165) is 5.56 Å². The van der Waals surface area contributed by atoms with Crippen molar-refractivity contribution < 1.29 is 19.4 Å². The van der Waals surface area contributed by atoms with E-state index in [4.69, 9.17) is 9.47 Å². The number of hydrogen-bond acceptors (Lipinski definition) is 4. The molecular weight excluding hydrogens is 268 g/mol. The standard InChI is InChI=1S/C17H26O4/c1-6-20-16(19)17(4,5)15(21-13(3)12(2)18)14-10-8-7-9-11-14/h7-13,15,18H,6H2,1-5H3/t12-,13+,15+/m1/s1. The van der Waals surface area contributed by atoms with Crippen LogP contribution < -0.4 is 0 Å². The number of rotatable bonds is 7. The lowest BCUT2D eigenvalue weighted by Crippen LogP contribution is -2.38. The molecule has 0 amide bonds. The molecule has 1 aromatic carbocycles. The molecule has 0 aliphatic heterocycles. The Kier molecular flexibility index (Phi) is 6.37. The third-order valence-electron chi connectivity index (χ3n) is 3.59. The van der Waals surface area contributed by atoms with E-state index in [1.165, 1.54) is 0 Å². The van der Waals surface area contributed by atoms with Gasteiger partial charge in [-0.25, -0.2) is 0 Å². The van der Waals surface area contributed by atoms with Crippen molar-refractivity contribution in [3.05, 3.63) is 35.9 Å². The molecule has 0 heterocycles. The van der Waals surface area contributed by atoms with Crippen LogP contribution in [0, 0.1) is 5.41 Å². The van der Waals surface area contributed by atoms with Gasteiger partial charge in [-0.15, -0.1) is 0 Å². The van der Waals surface area contributed by atoms with E-state index in [2.05, 4.69) is 0 Å². The maximum atomic E-state index is 12.3. The highest BCUT2D eigenvalue weighted by Gasteiger charge is 2.41. The monoisotopic (exact) mass is 294 g/mol. The second-order valence-corrected chi connectivity index (χ2v) is 5.81. The van der Waals surface area contributed by atoms with Gasteiger partial charge in [0.1, 0.15) is 0 Å². The zero-order valence-corrected chi connectivity index (χ0v) is 13.5. The molecule has 0 aromatic heterocycles. The van der Waals surface area contributed by atoms with E-state index in [0.29, 0.717) is 6.61 Å². The molecule has 0 saturated carbocycles. The minimum absolute atomic E-state index is 0.309. The van der Waals surface area contributed by atoms with Crippen molar-refractivity contribution in [3.63, 3.8) is 0 Å². The molecule has 0 saturated heterocycles. The highest BCUT2D eigenvalue weighted by molar-refractivity contribution is 5.77. The van der Waals surface area contributed by atoms with Gasteiger partial charge in [-0.05, 0) is 40.2 Å². The predicted octanol–water partition coefficient (Wildman–Crippen LogP) is 3.10. The van der Waals surface area contributed by atoms with Crippen LogP contribution in [0.15, 0.2) is 30.3 Å². The number of benzene rings is 1. The summed E-state index contributed by atoms with van der Waals surface area (Å²) in [5.74, 6) is -0.309. The summed E-state index contributed by atoms with van der Waals surface area (Å²) in [5, 5.41) is 9.68. The van der Waals surface area contributed by atoms with Gasteiger partial charge in [0.2, 0.25) is 0 Å². The van der Waals surface area contributed by atoms with Crippen molar-refractivity contribution in [2.45, 2.75) is 52.9 Å². The van der Waals surface area contributed by atoms with Crippen LogP contribution >= 0.6 is 0 Å².